The van der Waals surface area contributed by atoms with Crippen molar-refractivity contribution in [1.82, 2.24) is 29.7 Å². The number of imide groups is 1. The van der Waals surface area contributed by atoms with Crippen LogP contribution in [0, 0.1) is 0 Å². The minimum absolute atomic E-state index is 0.210. The largest absolute Gasteiger partial charge is 0.383 e. The summed E-state index contributed by atoms with van der Waals surface area (Å²) in [5.74, 6) is 0.185. The first kappa shape index (κ1) is 22.4. The molecule has 10 heteroatoms. The lowest BCUT2D eigenvalue weighted by Gasteiger charge is -2.37. The molecule has 0 saturated carbocycles. The van der Waals surface area contributed by atoms with Crippen molar-refractivity contribution in [1.29, 1.82) is 0 Å². The third-order valence-corrected chi connectivity index (χ3v) is 7.88. The van der Waals surface area contributed by atoms with Crippen molar-refractivity contribution in [3.05, 3.63) is 46.8 Å². The molecule has 2 saturated heterocycles. The highest BCUT2D eigenvalue weighted by molar-refractivity contribution is 6.05. The van der Waals surface area contributed by atoms with Gasteiger partial charge in [0.2, 0.25) is 11.8 Å². The van der Waals surface area contributed by atoms with Gasteiger partial charge in [0, 0.05) is 45.2 Å². The Hall–Kier alpha value is -3.11. The fourth-order valence-electron chi connectivity index (χ4n) is 5.81. The molecule has 2 N–H and O–H groups in total. The number of rotatable bonds is 4. The Morgan fingerprint density at radius 1 is 1.06 bits per heavy atom. The van der Waals surface area contributed by atoms with Crippen molar-refractivity contribution in [2.45, 2.75) is 76.2 Å². The Labute approximate surface area is 203 Å². The molecule has 35 heavy (non-hydrogen) atoms. The van der Waals surface area contributed by atoms with Gasteiger partial charge in [-0.2, -0.15) is 0 Å². The number of aromatic nitrogens is 3. The Morgan fingerprint density at radius 2 is 1.89 bits per heavy atom. The fourth-order valence-corrected chi connectivity index (χ4v) is 5.81. The van der Waals surface area contributed by atoms with Crippen LogP contribution in [-0.4, -0.2) is 66.3 Å². The highest BCUT2D eigenvalue weighted by Gasteiger charge is 2.41. The van der Waals surface area contributed by atoms with E-state index in [0.717, 1.165) is 38.3 Å². The number of aliphatic hydroxyl groups is 1. The van der Waals surface area contributed by atoms with Gasteiger partial charge in [0.05, 0.1) is 29.2 Å². The average molecular weight is 479 g/mol. The van der Waals surface area contributed by atoms with E-state index in [2.05, 4.69) is 21.0 Å². The molecule has 184 valence electrons. The first-order valence-electron chi connectivity index (χ1n) is 12.5. The van der Waals surface area contributed by atoms with Crippen LogP contribution in [0.5, 0.6) is 0 Å². The number of carbonyl (C=O) groups excluding carboxylic acids is 3. The van der Waals surface area contributed by atoms with Gasteiger partial charge in [-0.05, 0) is 44.2 Å². The Balaban J connectivity index is 1.12. The van der Waals surface area contributed by atoms with E-state index in [1.165, 1.54) is 23.6 Å². The normalized spacial score (nSPS) is 24.3. The molecule has 0 aromatic carbocycles. The predicted molar refractivity (Wildman–Crippen MR) is 124 cm³/mol. The van der Waals surface area contributed by atoms with Crippen LogP contribution >= 0.6 is 0 Å². The fraction of sp³-hybridized carbons (Fsp3) is 0.560. The zero-order valence-electron chi connectivity index (χ0n) is 19.7. The topological polar surface area (TPSA) is 121 Å². The van der Waals surface area contributed by atoms with Gasteiger partial charge in [-0.3, -0.25) is 29.6 Å². The summed E-state index contributed by atoms with van der Waals surface area (Å²) < 4.78 is 2.27. The third-order valence-electron chi connectivity index (χ3n) is 7.88. The maximum absolute atomic E-state index is 12.9. The van der Waals surface area contributed by atoms with E-state index >= 15 is 0 Å². The summed E-state index contributed by atoms with van der Waals surface area (Å²) in [6, 6.07) is 2.79. The van der Waals surface area contributed by atoms with Gasteiger partial charge in [-0.1, -0.05) is 0 Å². The van der Waals surface area contributed by atoms with Crippen molar-refractivity contribution in [2.75, 3.05) is 13.1 Å². The van der Waals surface area contributed by atoms with E-state index in [0.29, 0.717) is 36.2 Å². The number of fused-ring (bicyclic) bond motifs is 2. The summed E-state index contributed by atoms with van der Waals surface area (Å²) in [6.07, 6.45) is 7.27. The van der Waals surface area contributed by atoms with Gasteiger partial charge in [-0.25, -0.2) is 4.98 Å². The molecular formula is C25H30N6O4. The number of likely N-dealkylation sites (tertiary alicyclic amines) is 1. The number of carbonyl (C=O) groups is 3. The van der Waals surface area contributed by atoms with Crippen LogP contribution in [0.25, 0.3) is 0 Å². The number of amides is 3. The number of aryl methyl sites for hydroxylation is 2. The summed E-state index contributed by atoms with van der Waals surface area (Å²) in [4.78, 5) is 50.0. The molecule has 0 radical (unpaired) electrons. The Kier molecular flexibility index (Phi) is 5.45. The highest BCUT2D eigenvalue weighted by atomic mass is 16.3. The van der Waals surface area contributed by atoms with Gasteiger partial charge < -0.3 is 14.6 Å². The van der Waals surface area contributed by atoms with E-state index in [9.17, 15) is 19.5 Å². The highest BCUT2D eigenvalue weighted by Crippen LogP contribution is 2.35. The number of nitrogens with one attached hydrogen (secondary N) is 1. The number of imidazole rings is 1. The summed E-state index contributed by atoms with van der Waals surface area (Å²) in [5, 5.41) is 13.7. The van der Waals surface area contributed by atoms with Gasteiger partial charge in [-0.15, -0.1) is 0 Å². The van der Waals surface area contributed by atoms with E-state index in [1.807, 2.05) is 0 Å². The van der Waals surface area contributed by atoms with Crippen molar-refractivity contribution in [2.24, 2.45) is 0 Å². The minimum atomic E-state index is -1.05. The first-order chi connectivity index (χ1) is 16.9. The molecule has 1 atom stereocenters. The number of piperidine rings is 2. The molecule has 6 rings (SSSR count). The summed E-state index contributed by atoms with van der Waals surface area (Å²) >= 11 is 0. The molecule has 0 spiro atoms. The summed E-state index contributed by atoms with van der Waals surface area (Å²) in [5.41, 5.74) is 1.66. The molecular weight excluding hydrogens is 448 g/mol. The second kappa shape index (κ2) is 8.53. The second-order valence-corrected chi connectivity index (χ2v) is 10.2. The molecule has 4 aliphatic rings. The summed E-state index contributed by atoms with van der Waals surface area (Å²) in [6.45, 7) is 3.51. The number of pyridine rings is 1. The molecule has 2 fully saturated rings. The van der Waals surface area contributed by atoms with Crippen LogP contribution in [0.4, 0.5) is 0 Å². The van der Waals surface area contributed by atoms with Crippen LogP contribution in [-0.2, 0) is 41.2 Å². The van der Waals surface area contributed by atoms with Crippen LogP contribution in [0.3, 0.4) is 0 Å². The zero-order chi connectivity index (χ0) is 24.2. The molecule has 2 aromatic rings. The van der Waals surface area contributed by atoms with Crippen molar-refractivity contribution < 1.29 is 19.5 Å². The number of hydrogen-bond donors (Lipinski definition) is 2. The van der Waals surface area contributed by atoms with Crippen molar-refractivity contribution >= 4 is 17.7 Å². The standard InChI is InChI=1S/C25H30N6O4/c32-22-7-5-19(23(33)28-22)31-15-18-17(24(31)34)4-6-20(27-18)25(35)8-11-29(12-9-25)13-16-14-30-10-2-1-3-21(30)26-16/h4,6,14,19,35H,1-3,5,7-13,15H2,(H,28,32,33). The van der Waals surface area contributed by atoms with Crippen LogP contribution < -0.4 is 5.32 Å². The lowest BCUT2D eigenvalue weighted by atomic mass is 9.87. The predicted octanol–water partition coefficient (Wildman–Crippen LogP) is 0.859. The van der Waals surface area contributed by atoms with Gasteiger partial charge in [0.1, 0.15) is 17.5 Å². The second-order valence-electron chi connectivity index (χ2n) is 10.2. The van der Waals surface area contributed by atoms with Crippen LogP contribution in [0.15, 0.2) is 18.3 Å². The van der Waals surface area contributed by atoms with E-state index in [1.54, 1.807) is 12.1 Å². The minimum Gasteiger partial charge on any atom is -0.383 e. The van der Waals surface area contributed by atoms with E-state index < -0.39 is 17.6 Å². The third kappa shape index (κ3) is 4.04. The first-order valence-corrected chi connectivity index (χ1v) is 12.5. The van der Waals surface area contributed by atoms with E-state index in [4.69, 9.17) is 9.97 Å². The van der Waals surface area contributed by atoms with Gasteiger partial charge in [0.15, 0.2) is 0 Å². The Bertz CT molecular complexity index is 1180. The lowest BCUT2D eigenvalue weighted by molar-refractivity contribution is -0.136. The molecule has 0 aliphatic carbocycles. The maximum Gasteiger partial charge on any atom is 0.256 e. The molecule has 4 aliphatic heterocycles. The lowest BCUT2D eigenvalue weighted by Crippen LogP contribution is -2.52. The number of hydrogen-bond acceptors (Lipinski definition) is 7. The van der Waals surface area contributed by atoms with Crippen molar-refractivity contribution in [3.8, 4) is 0 Å². The van der Waals surface area contributed by atoms with Crippen LogP contribution in [0.1, 0.15) is 71.8 Å². The molecule has 1 unspecified atom stereocenters. The van der Waals surface area contributed by atoms with Gasteiger partial charge >= 0.3 is 0 Å². The Morgan fingerprint density at radius 3 is 2.66 bits per heavy atom. The smallest absolute Gasteiger partial charge is 0.256 e. The van der Waals surface area contributed by atoms with Crippen molar-refractivity contribution in [3.63, 3.8) is 0 Å². The van der Waals surface area contributed by atoms with E-state index in [-0.39, 0.29) is 24.8 Å². The quantitative estimate of drug-likeness (QED) is 0.625. The SMILES string of the molecule is O=C1CCC(N2Cc3nc(C4(O)CCN(Cc5cn6c(n5)CCCC6)CC4)ccc3C2=O)C(=O)N1. The molecule has 3 amide bonds. The molecule has 6 heterocycles. The number of nitrogens with zero attached hydrogens (tertiary/aromatic N) is 5. The monoisotopic (exact) mass is 478 g/mol. The molecule has 2 aromatic heterocycles. The average Bonchev–Trinajstić information content (AvgIpc) is 3.41. The molecule has 0 bridgehead atoms. The molecule has 10 nitrogen and oxygen atoms in total. The van der Waals surface area contributed by atoms with Gasteiger partial charge in [0.25, 0.3) is 5.91 Å². The summed E-state index contributed by atoms with van der Waals surface area (Å²) in [7, 11) is 0. The maximum atomic E-state index is 12.9. The zero-order valence-corrected chi connectivity index (χ0v) is 19.7. The van der Waals surface area contributed by atoms with Crippen LogP contribution in [0.2, 0.25) is 0 Å².